The third-order valence-corrected chi connectivity index (χ3v) is 5.16. The highest BCUT2D eigenvalue weighted by atomic mass is 32.1. The summed E-state index contributed by atoms with van der Waals surface area (Å²) in [5, 5.41) is 5.77. The lowest BCUT2D eigenvalue weighted by Crippen LogP contribution is -2.18. The molecule has 3 heteroatoms. The van der Waals surface area contributed by atoms with Gasteiger partial charge in [-0.1, -0.05) is 18.9 Å². The molecule has 1 heterocycles. The van der Waals surface area contributed by atoms with Crippen LogP contribution in [0, 0.1) is 18.7 Å². The second-order valence-corrected chi connectivity index (χ2v) is 6.63. The number of benzene rings is 1. The molecule has 0 bridgehead atoms. The lowest BCUT2D eigenvalue weighted by atomic mass is 9.96. The Morgan fingerprint density at radius 1 is 1.25 bits per heavy atom. The molecule has 0 saturated heterocycles. The Bertz CT molecular complexity index is 558. The van der Waals surface area contributed by atoms with E-state index in [4.69, 9.17) is 0 Å². The maximum absolute atomic E-state index is 13.4. The third-order valence-electron chi connectivity index (χ3n) is 4.20. The van der Waals surface area contributed by atoms with Crippen LogP contribution >= 0.6 is 11.3 Å². The Labute approximate surface area is 123 Å². The Morgan fingerprint density at radius 2 is 2.05 bits per heavy atom. The maximum atomic E-state index is 13.4. The molecule has 1 N–H and O–H groups in total. The molecular weight excluding hydrogens is 269 g/mol. The number of aryl methyl sites for hydroxylation is 1. The van der Waals surface area contributed by atoms with Crippen molar-refractivity contribution in [3.63, 3.8) is 0 Å². The van der Waals surface area contributed by atoms with Crippen molar-refractivity contribution >= 4 is 17.0 Å². The first kappa shape index (κ1) is 13.6. The first-order valence-electron chi connectivity index (χ1n) is 7.30. The lowest BCUT2D eigenvalue weighted by Gasteiger charge is -2.25. The van der Waals surface area contributed by atoms with Crippen LogP contribution in [0.15, 0.2) is 35.7 Å². The predicted molar refractivity (Wildman–Crippen MR) is 83.8 cm³/mol. The van der Waals surface area contributed by atoms with Gasteiger partial charge >= 0.3 is 0 Å². The van der Waals surface area contributed by atoms with Crippen molar-refractivity contribution in [3.05, 3.63) is 52.0 Å². The first-order valence-corrected chi connectivity index (χ1v) is 8.18. The van der Waals surface area contributed by atoms with E-state index in [2.05, 4.69) is 22.8 Å². The van der Waals surface area contributed by atoms with E-state index in [1.54, 1.807) is 6.07 Å². The summed E-state index contributed by atoms with van der Waals surface area (Å²) in [7, 11) is 0. The molecule has 0 radical (unpaired) electrons. The number of hydrogen-bond acceptors (Lipinski definition) is 2. The van der Waals surface area contributed by atoms with Gasteiger partial charge in [0.25, 0.3) is 0 Å². The van der Waals surface area contributed by atoms with Crippen LogP contribution in [0.1, 0.15) is 42.2 Å². The van der Waals surface area contributed by atoms with Crippen LogP contribution in [-0.4, -0.2) is 0 Å². The quantitative estimate of drug-likeness (QED) is 0.779. The molecule has 106 valence electrons. The lowest BCUT2D eigenvalue weighted by molar-refractivity contribution is 0.475. The number of thiophene rings is 1. The highest BCUT2D eigenvalue weighted by Crippen LogP contribution is 2.39. The van der Waals surface area contributed by atoms with Crippen LogP contribution in [0.5, 0.6) is 0 Å². The van der Waals surface area contributed by atoms with Gasteiger partial charge in [0.15, 0.2) is 0 Å². The molecule has 1 aromatic carbocycles. The van der Waals surface area contributed by atoms with Gasteiger partial charge in [0, 0.05) is 10.6 Å². The number of rotatable bonds is 4. The molecule has 0 spiro atoms. The number of halogens is 1. The van der Waals surface area contributed by atoms with Gasteiger partial charge in [-0.25, -0.2) is 4.39 Å². The smallest absolute Gasteiger partial charge is 0.126 e. The van der Waals surface area contributed by atoms with Crippen molar-refractivity contribution in [3.8, 4) is 0 Å². The molecule has 1 aromatic heterocycles. The standard InChI is InChI=1S/C17H20FNS/c1-12-11-14(8-9-15(12)18)19-17(13-5-2-3-6-13)16-7-4-10-20-16/h4,7-11,13,17,19H,2-3,5-6H2,1H3. The van der Waals surface area contributed by atoms with Crippen molar-refractivity contribution in [2.24, 2.45) is 5.92 Å². The average molecular weight is 289 g/mol. The molecule has 1 nitrogen and oxygen atoms in total. The topological polar surface area (TPSA) is 12.0 Å². The fourth-order valence-corrected chi connectivity index (χ4v) is 3.96. The van der Waals surface area contributed by atoms with Gasteiger partial charge in [-0.05, 0) is 60.9 Å². The predicted octanol–water partition coefficient (Wildman–Crippen LogP) is 5.54. The molecule has 1 aliphatic rings. The van der Waals surface area contributed by atoms with E-state index in [1.165, 1.54) is 30.6 Å². The molecule has 20 heavy (non-hydrogen) atoms. The largest absolute Gasteiger partial charge is 0.377 e. The minimum absolute atomic E-state index is 0.135. The van der Waals surface area contributed by atoms with Crippen LogP contribution < -0.4 is 5.32 Å². The van der Waals surface area contributed by atoms with E-state index in [-0.39, 0.29) is 5.82 Å². The summed E-state index contributed by atoms with van der Waals surface area (Å²) in [4.78, 5) is 1.39. The van der Waals surface area contributed by atoms with E-state index >= 15 is 0 Å². The van der Waals surface area contributed by atoms with Gasteiger partial charge in [-0.15, -0.1) is 11.3 Å². The molecule has 1 aliphatic carbocycles. The fraction of sp³-hybridized carbons (Fsp3) is 0.412. The molecule has 0 amide bonds. The van der Waals surface area contributed by atoms with Crippen molar-refractivity contribution in [2.75, 3.05) is 5.32 Å². The van der Waals surface area contributed by atoms with E-state index in [9.17, 15) is 4.39 Å². The minimum atomic E-state index is -0.135. The van der Waals surface area contributed by atoms with Gasteiger partial charge in [0.05, 0.1) is 6.04 Å². The number of nitrogens with one attached hydrogen (secondary N) is 1. The monoisotopic (exact) mass is 289 g/mol. The second-order valence-electron chi connectivity index (χ2n) is 5.65. The molecule has 1 saturated carbocycles. The van der Waals surface area contributed by atoms with E-state index in [0.717, 1.165) is 5.69 Å². The molecule has 1 fully saturated rings. The maximum Gasteiger partial charge on any atom is 0.126 e. The van der Waals surface area contributed by atoms with E-state index < -0.39 is 0 Å². The van der Waals surface area contributed by atoms with Crippen molar-refractivity contribution in [2.45, 2.75) is 38.6 Å². The second kappa shape index (κ2) is 5.96. The van der Waals surface area contributed by atoms with E-state index in [1.807, 2.05) is 30.4 Å². The third kappa shape index (κ3) is 2.88. The normalized spacial score (nSPS) is 17.3. The number of anilines is 1. The summed E-state index contributed by atoms with van der Waals surface area (Å²) in [5.41, 5.74) is 1.72. The van der Waals surface area contributed by atoms with Crippen LogP contribution in [0.2, 0.25) is 0 Å². The molecular formula is C17H20FNS. The molecule has 1 atom stereocenters. The Balaban J connectivity index is 1.84. The molecule has 2 aromatic rings. The zero-order chi connectivity index (χ0) is 13.9. The highest BCUT2D eigenvalue weighted by molar-refractivity contribution is 7.10. The summed E-state index contributed by atoms with van der Waals surface area (Å²) in [6.45, 7) is 1.82. The summed E-state index contributed by atoms with van der Waals surface area (Å²) in [6, 6.07) is 9.99. The number of hydrogen-bond donors (Lipinski definition) is 1. The van der Waals surface area contributed by atoms with Crippen LogP contribution in [-0.2, 0) is 0 Å². The fourth-order valence-electron chi connectivity index (χ4n) is 3.09. The van der Waals surface area contributed by atoms with Gasteiger partial charge in [0.1, 0.15) is 5.82 Å². The molecule has 0 aliphatic heterocycles. The van der Waals surface area contributed by atoms with Crippen LogP contribution in [0.25, 0.3) is 0 Å². The van der Waals surface area contributed by atoms with Crippen LogP contribution in [0.4, 0.5) is 10.1 Å². The summed E-state index contributed by atoms with van der Waals surface area (Å²) >= 11 is 1.81. The van der Waals surface area contributed by atoms with Crippen molar-refractivity contribution < 1.29 is 4.39 Å². The molecule has 1 unspecified atom stereocenters. The minimum Gasteiger partial charge on any atom is -0.377 e. The SMILES string of the molecule is Cc1cc(NC(c2cccs2)C2CCCC2)ccc1F. The summed E-state index contributed by atoms with van der Waals surface area (Å²) in [6.07, 6.45) is 5.23. The Kier molecular flexibility index (Phi) is 4.06. The summed E-state index contributed by atoms with van der Waals surface area (Å²) in [5.74, 6) is 0.558. The summed E-state index contributed by atoms with van der Waals surface area (Å²) < 4.78 is 13.4. The Morgan fingerprint density at radius 3 is 2.70 bits per heavy atom. The zero-order valence-corrected chi connectivity index (χ0v) is 12.5. The zero-order valence-electron chi connectivity index (χ0n) is 11.7. The Hall–Kier alpha value is -1.35. The van der Waals surface area contributed by atoms with Gasteiger partial charge < -0.3 is 5.32 Å². The highest BCUT2D eigenvalue weighted by Gasteiger charge is 2.27. The van der Waals surface area contributed by atoms with Gasteiger partial charge in [-0.2, -0.15) is 0 Å². The van der Waals surface area contributed by atoms with Crippen LogP contribution in [0.3, 0.4) is 0 Å². The van der Waals surface area contributed by atoms with E-state index in [0.29, 0.717) is 17.5 Å². The van der Waals surface area contributed by atoms with Crippen molar-refractivity contribution in [1.29, 1.82) is 0 Å². The average Bonchev–Trinajstić information content (AvgIpc) is 3.12. The van der Waals surface area contributed by atoms with Gasteiger partial charge in [0.2, 0.25) is 0 Å². The van der Waals surface area contributed by atoms with Crippen molar-refractivity contribution in [1.82, 2.24) is 0 Å². The molecule has 3 rings (SSSR count). The first-order chi connectivity index (χ1) is 9.74. The van der Waals surface area contributed by atoms with Gasteiger partial charge in [-0.3, -0.25) is 0 Å².